The zero-order valence-corrected chi connectivity index (χ0v) is 12.6. The molecule has 1 aliphatic heterocycles. The summed E-state index contributed by atoms with van der Waals surface area (Å²) < 4.78 is 0. The summed E-state index contributed by atoms with van der Waals surface area (Å²) in [6, 6.07) is 6.16. The van der Waals surface area contributed by atoms with Crippen LogP contribution in [0.2, 0.25) is 0 Å². The van der Waals surface area contributed by atoms with Crippen molar-refractivity contribution in [1.29, 1.82) is 0 Å². The normalized spacial score (nSPS) is 20.0. The number of benzene rings is 1. The van der Waals surface area contributed by atoms with E-state index in [4.69, 9.17) is 0 Å². The number of nitro groups is 1. The molecule has 0 saturated carbocycles. The topological polar surface area (TPSA) is 117 Å². The van der Waals surface area contributed by atoms with Crippen LogP contribution in [0.25, 0.3) is 0 Å². The highest BCUT2D eigenvalue weighted by Gasteiger charge is 2.25. The number of aliphatic hydroxyl groups excluding tert-OH is 1. The molecule has 0 aromatic heterocycles. The molecule has 2 rings (SSSR count). The average molecular weight is 331 g/mol. The molecule has 0 radical (unpaired) electrons. The molecule has 1 amide bonds. The minimum absolute atomic E-state index is 0. The second-order valence-electron chi connectivity index (χ2n) is 4.92. The predicted octanol–water partition coefficient (Wildman–Crippen LogP) is 0.125. The van der Waals surface area contributed by atoms with Gasteiger partial charge in [-0.2, -0.15) is 0 Å². The number of anilines is 1. The van der Waals surface area contributed by atoms with Gasteiger partial charge < -0.3 is 21.1 Å². The van der Waals surface area contributed by atoms with Gasteiger partial charge in [-0.25, -0.2) is 0 Å². The van der Waals surface area contributed by atoms with E-state index < -0.39 is 11.0 Å². The summed E-state index contributed by atoms with van der Waals surface area (Å²) in [6.45, 7) is 1.53. The van der Waals surface area contributed by atoms with Crippen LogP contribution in [0.5, 0.6) is 0 Å². The quantitative estimate of drug-likeness (QED) is 0.435. The molecule has 0 bridgehead atoms. The third-order valence-corrected chi connectivity index (χ3v) is 3.41. The number of aliphatic hydroxyl groups is 1. The molecule has 1 heterocycles. The van der Waals surface area contributed by atoms with Crippen molar-refractivity contribution in [2.75, 3.05) is 31.5 Å². The molecule has 4 N–H and O–H groups in total. The molecule has 0 aliphatic carbocycles. The van der Waals surface area contributed by atoms with E-state index in [0.717, 1.165) is 0 Å². The minimum Gasteiger partial charge on any atom is -0.391 e. The van der Waals surface area contributed by atoms with Gasteiger partial charge in [-0.05, 0) is 6.07 Å². The van der Waals surface area contributed by atoms with Crippen LogP contribution in [-0.2, 0) is 4.79 Å². The number of nitrogens with one attached hydrogen (secondary N) is 3. The summed E-state index contributed by atoms with van der Waals surface area (Å²) in [7, 11) is 0. The summed E-state index contributed by atoms with van der Waals surface area (Å²) in [6.07, 6.45) is -0.450. The lowest BCUT2D eigenvalue weighted by Crippen LogP contribution is -2.37. The molecule has 9 heteroatoms. The molecule has 1 aromatic rings. The van der Waals surface area contributed by atoms with E-state index in [1.807, 2.05) is 0 Å². The fourth-order valence-corrected chi connectivity index (χ4v) is 2.19. The summed E-state index contributed by atoms with van der Waals surface area (Å²) in [5.41, 5.74) is 0.237. The Bertz CT molecular complexity index is 529. The van der Waals surface area contributed by atoms with Crippen LogP contribution >= 0.6 is 12.4 Å². The Balaban J connectivity index is 0.00000242. The van der Waals surface area contributed by atoms with E-state index in [1.54, 1.807) is 18.2 Å². The fraction of sp³-hybridized carbons (Fsp3) is 0.462. The Labute approximate surface area is 133 Å². The molecule has 1 aliphatic rings. The lowest BCUT2D eigenvalue weighted by Gasteiger charge is -2.14. The molecule has 1 aromatic carbocycles. The van der Waals surface area contributed by atoms with Crippen LogP contribution in [0.4, 0.5) is 11.4 Å². The number of nitrogens with zero attached hydrogens (tertiary/aromatic N) is 1. The van der Waals surface area contributed by atoms with Gasteiger partial charge in [0.25, 0.3) is 5.69 Å². The Morgan fingerprint density at radius 2 is 2.14 bits per heavy atom. The summed E-state index contributed by atoms with van der Waals surface area (Å²) in [5, 5.41) is 28.9. The first kappa shape index (κ1) is 18.1. The van der Waals surface area contributed by atoms with Crippen LogP contribution in [0.15, 0.2) is 24.3 Å². The van der Waals surface area contributed by atoms with Gasteiger partial charge in [0.2, 0.25) is 5.91 Å². The third kappa shape index (κ3) is 4.83. The predicted molar refractivity (Wildman–Crippen MR) is 84.2 cm³/mol. The summed E-state index contributed by atoms with van der Waals surface area (Å²) in [4.78, 5) is 22.0. The number of nitro benzene ring substituents is 1. The van der Waals surface area contributed by atoms with E-state index in [1.165, 1.54) is 6.07 Å². The van der Waals surface area contributed by atoms with E-state index in [-0.39, 0.29) is 36.5 Å². The lowest BCUT2D eigenvalue weighted by atomic mass is 10.1. The van der Waals surface area contributed by atoms with E-state index >= 15 is 0 Å². The van der Waals surface area contributed by atoms with Gasteiger partial charge in [-0.15, -0.1) is 12.4 Å². The van der Waals surface area contributed by atoms with Crippen molar-refractivity contribution < 1.29 is 14.8 Å². The van der Waals surface area contributed by atoms with Gasteiger partial charge >= 0.3 is 0 Å². The molecule has 0 spiro atoms. The van der Waals surface area contributed by atoms with Gasteiger partial charge in [0.1, 0.15) is 5.69 Å². The Morgan fingerprint density at radius 3 is 2.77 bits per heavy atom. The number of para-hydroxylation sites is 2. The maximum atomic E-state index is 11.7. The maximum Gasteiger partial charge on any atom is 0.292 e. The first-order valence-electron chi connectivity index (χ1n) is 6.70. The highest BCUT2D eigenvalue weighted by Crippen LogP contribution is 2.22. The van der Waals surface area contributed by atoms with Crippen molar-refractivity contribution in [1.82, 2.24) is 10.6 Å². The number of halogens is 1. The smallest absolute Gasteiger partial charge is 0.292 e. The van der Waals surface area contributed by atoms with Gasteiger partial charge in [0.15, 0.2) is 0 Å². The largest absolute Gasteiger partial charge is 0.391 e. The first-order valence-corrected chi connectivity index (χ1v) is 6.70. The standard InChI is InChI=1S/C13H18N4O4.ClH/c18-12-7-14-5-9(12)6-16-13(19)8-15-10-3-1-2-4-11(10)17(20)21;/h1-4,9,12,14-15,18H,5-8H2,(H,16,19);1H. The van der Waals surface area contributed by atoms with Crippen molar-refractivity contribution in [2.24, 2.45) is 5.92 Å². The highest BCUT2D eigenvalue weighted by molar-refractivity contribution is 5.85. The molecule has 1 fully saturated rings. The van der Waals surface area contributed by atoms with Crippen molar-refractivity contribution in [3.63, 3.8) is 0 Å². The monoisotopic (exact) mass is 330 g/mol. The van der Waals surface area contributed by atoms with Gasteiger partial charge in [0.05, 0.1) is 17.6 Å². The average Bonchev–Trinajstić information content (AvgIpc) is 2.88. The van der Waals surface area contributed by atoms with Crippen LogP contribution in [-0.4, -0.2) is 48.2 Å². The Morgan fingerprint density at radius 1 is 1.41 bits per heavy atom. The Hall–Kier alpha value is -1.90. The van der Waals surface area contributed by atoms with Crippen LogP contribution in [0.1, 0.15) is 0 Å². The molecular weight excluding hydrogens is 312 g/mol. The van der Waals surface area contributed by atoms with Crippen LogP contribution in [0.3, 0.4) is 0 Å². The zero-order valence-electron chi connectivity index (χ0n) is 11.8. The highest BCUT2D eigenvalue weighted by atomic mass is 35.5. The first-order chi connectivity index (χ1) is 10.1. The molecular formula is C13H19ClN4O4. The van der Waals surface area contributed by atoms with E-state index in [2.05, 4.69) is 16.0 Å². The van der Waals surface area contributed by atoms with E-state index in [9.17, 15) is 20.0 Å². The summed E-state index contributed by atoms with van der Waals surface area (Å²) in [5.74, 6) is -0.271. The van der Waals surface area contributed by atoms with Gasteiger partial charge in [-0.1, -0.05) is 12.1 Å². The van der Waals surface area contributed by atoms with E-state index in [0.29, 0.717) is 25.3 Å². The summed E-state index contributed by atoms with van der Waals surface area (Å²) >= 11 is 0. The lowest BCUT2D eigenvalue weighted by molar-refractivity contribution is -0.383. The molecule has 22 heavy (non-hydrogen) atoms. The van der Waals surface area contributed by atoms with Gasteiger partial charge in [0, 0.05) is 31.6 Å². The number of amides is 1. The second kappa shape index (κ2) is 8.52. The number of hydrogen-bond donors (Lipinski definition) is 4. The second-order valence-corrected chi connectivity index (χ2v) is 4.92. The molecule has 1 saturated heterocycles. The number of rotatable bonds is 6. The number of carbonyl (C=O) groups is 1. The van der Waals surface area contributed by atoms with Gasteiger partial charge in [-0.3, -0.25) is 14.9 Å². The van der Waals surface area contributed by atoms with Crippen molar-refractivity contribution in [3.05, 3.63) is 34.4 Å². The molecule has 2 unspecified atom stereocenters. The fourth-order valence-electron chi connectivity index (χ4n) is 2.19. The van der Waals surface area contributed by atoms with Crippen molar-refractivity contribution >= 4 is 29.7 Å². The van der Waals surface area contributed by atoms with Crippen LogP contribution < -0.4 is 16.0 Å². The Kier molecular flexibility index (Phi) is 7.03. The van der Waals surface area contributed by atoms with Crippen molar-refractivity contribution in [3.8, 4) is 0 Å². The minimum atomic E-state index is -0.499. The number of carbonyl (C=O) groups excluding carboxylic acids is 1. The van der Waals surface area contributed by atoms with Crippen LogP contribution in [0, 0.1) is 16.0 Å². The molecule has 8 nitrogen and oxygen atoms in total. The number of β-amino-alcohol motifs (C(OH)–C–C–N with tert-alkyl or cyclic N) is 1. The molecule has 2 atom stereocenters. The third-order valence-electron chi connectivity index (χ3n) is 3.41. The maximum absolute atomic E-state index is 11.7. The zero-order chi connectivity index (χ0) is 15.2. The van der Waals surface area contributed by atoms with Crippen molar-refractivity contribution in [2.45, 2.75) is 6.10 Å². The molecule has 122 valence electrons. The number of hydrogen-bond acceptors (Lipinski definition) is 6. The SMILES string of the molecule is Cl.O=C(CNc1ccccc1[N+](=O)[O-])NCC1CNCC1O.